The number of benzene rings is 1. The number of ether oxygens (including phenoxy) is 2. The summed E-state index contributed by atoms with van der Waals surface area (Å²) in [7, 11) is 0. The van der Waals surface area contributed by atoms with Crippen LogP contribution >= 0.6 is 0 Å². The first-order valence-corrected chi connectivity index (χ1v) is 7.91. The van der Waals surface area contributed by atoms with Crippen molar-refractivity contribution in [1.82, 2.24) is 4.98 Å². The predicted molar refractivity (Wildman–Crippen MR) is 89.4 cm³/mol. The highest BCUT2D eigenvalue weighted by Gasteiger charge is 2.31. The SMILES string of the molecule is Cc1cccc(CCCOC(=O)C(C)(C)Oc2ccc(F)cc2)n1. The van der Waals surface area contributed by atoms with Crippen LogP contribution in [-0.4, -0.2) is 23.2 Å². The van der Waals surface area contributed by atoms with Crippen LogP contribution in [-0.2, 0) is 16.0 Å². The summed E-state index contributed by atoms with van der Waals surface area (Å²) >= 11 is 0. The molecule has 0 aliphatic carbocycles. The van der Waals surface area contributed by atoms with Gasteiger partial charge in [-0.25, -0.2) is 9.18 Å². The normalized spacial score (nSPS) is 11.2. The second-order valence-corrected chi connectivity index (χ2v) is 6.08. The summed E-state index contributed by atoms with van der Waals surface area (Å²) in [4.78, 5) is 16.6. The number of halogens is 1. The zero-order valence-electron chi connectivity index (χ0n) is 14.2. The second-order valence-electron chi connectivity index (χ2n) is 6.08. The quantitative estimate of drug-likeness (QED) is 0.571. The van der Waals surface area contributed by atoms with E-state index in [0.717, 1.165) is 17.8 Å². The number of esters is 1. The molecule has 2 aromatic rings. The van der Waals surface area contributed by atoms with Crippen molar-refractivity contribution in [2.75, 3.05) is 6.61 Å². The molecule has 0 amide bonds. The lowest BCUT2D eigenvalue weighted by Gasteiger charge is -2.24. The lowest BCUT2D eigenvalue weighted by molar-refractivity contribution is -0.159. The van der Waals surface area contributed by atoms with Crippen LogP contribution in [0.1, 0.15) is 31.7 Å². The molecule has 0 N–H and O–H groups in total. The van der Waals surface area contributed by atoms with Crippen LogP contribution < -0.4 is 4.74 Å². The minimum Gasteiger partial charge on any atom is -0.476 e. The fraction of sp³-hybridized carbons (Fsp3) is 0.368. The Hall–Kier alpha value is -2.43. The van der Waals surface area contributed by atoms with Crippen LogP contribution in [0, 0.1) is 12.7 Å². The lowest BCUT2D eigenvalue weighted by atomic mass is 10.1. The van der Waals surface area contributed by atoms with Crippen molar-refractivity contribution in [3.8, 4) is 5.75 Å². The van der Waals surface area contributed by atoms with E-state index >= 15 is 0 Å². The third-order valence-corrected chi connectivity index (χ3v) is 3.43. The second kappa shape index (κ2) is 7.90. The molecule has 2 rings (SSSR count). The molecule has 1 heterocycles. The fourth-order valence-corrected chi connectivity index (χ4v) is 2.17. The number of aryl methyl sites for hydroxylation is 2. The molecule has 0 radical (unpaired) electrons. The Bertz CT molecular complexity index is 683. The Balaban J connectivity index is 1.79. The van der Waals surface area contributed by atoms with Gasteiger partial charge in [-0.2, -0.15) is 0 Å². The maximum absolute atomic E-state index is 12.9. The van der Waals surface area contributed by atoms with Crippen LogP contribution in [0.15, 0.2) is 42.5 Å². The van der Waals surface area contributed by atoms with Gasteiger partial charge in [-0.3, -0.25) is 4.98 Å². The van der Waals surface area contributed by atoms with Gasteiger partial charge in [-0.15, -0.1) is 0 Å². The summed E-state index contributed by atoms with van der Waals surface area (Å²) in [6, 6.07) is 11.4. The Labute approximate surface area is 141 Å². The third kappa shape index (κ3) is 5.33. The Morgan fingerprint density at radius 3 is 2.54 bits per heavy atom. The average Bonchev–Trinajstić information content (AvgIpc) is 2.53. The fourth-order valence-electron chi connectivity index (χ4n) is 2.17. The predicted octanol–water partition coefficient (Wildman–Crippen LogP) is 3.86. The first kappa shape index (κ1) is 17.9. The maximum atomic E-state index is 12.9. The summed E-state index contributed by atoms with van der Waals surface area (Å²) in [5, 5.41) is 0. The molecule has 5 heteroatoms. The van der Waals surface area contributed by atoms with Gasteiger partial charge < -0.3 is 9.47 Å². The molecule has 0 aliphatic rings. The summed E-state index contributed by atoms with van der Waals surface area (Å²) < 4.78 is 23.8. The van der Waals surface area contributed by atoms with E-state index in [0.29, 0.717) is 18.8 Å². The van der Waals surface area contributed by atoms with Gasteiger partial charge in [0.2, 0.25) is 0 Å². The van der Waals surface area contributed by atoms with Crippen molar-refractivity contribution >= 4 is 5.97 Å². The van der Waals surface area contributed by atoms with Crippen LogP contribution in [0.5, 0.6) is 5.75 Å². The van der Waals surface area contributed by atoms with Crippen molar-refractivity contribution in [2.45, 2.75) is 39.2 Å². The molecular weight excluding hydrogens is 309 g/mol. The average molecular weight is 331 g/mol. The number of rotatable bonds is 7. The van der Waals surface area contributed by atoms with Gasteiger partial charge in [-0.05, 0) is 70.0 Å². The van der Waals surface area contributed by atoms with Crippen molar-refractivity contribution in [3.05, 3.63) is 59.7 Å². The van der Waals surface area contributed by atoms with E-state index in [1.807, 2.05) is 25.1 Å². The van der Waals surface area contributed by atoms with E-state index in [4.69, 9.17) is 9.47 Å². The first-order valence-electron chi connectivity index (χ1n) is 7.91. The number of hydrogen-bond donors (Lipinski definition) is 0. The molecule has 1 aromatic heterocycles. The number of carbonyl (C=O) groups excluding carboxylic acids is 1. The Kier molecular flexibility index (Phi) is 5.90. The molecule has 0 atom stereocenters. The summed E-state index contributed by atoms with van der Waals surface area (Å²) in [5.74, 6) is -0.390. The van der Waals surface area contributed by atoms with Gasteiger partial charge >= 0.3 is 5.97 Å². The number of nitrogens with zero attached hydrogens (tertiary/aromatic N) is 1. The lowest BCUT2D eigenvalue weighted by Crippen LogP contribution is -2.39. The molecule has 0 saturated heterocycles. The van der Waals surface area contributed by atoms with E-state index in [9.17, 15) is 9.18 Å². The molecule has 0 aliphatic heterocycles. The van der Waals surface area contributed by atoms with Crippen molar-refractivity contribution in [1.29, 1.82) is 0 Å². The van der Waals surface area contributed by atoms with Crippen LogP contribution in [0.3, 0.4) is 0 Å². The molecular formula is C19H22FNO3. The zero-order chi connectivity index (χ0) is 17.6. The molecule has 0 fully saturated rings. The van der Waals surface area contributed by atoms with Crippen molar-refractivity contribution in [2.24, 2.45) is 0 Å². The van der Waals surface area contributed by atoms with E-state index in [1.165, 1.54) is 24.3 Å². The van der Waals surface area contributed by atoms with E-state index in [-0.39, 0.29) is 5.82 Å². The summed E-state index contributed by atoms with van der Waals surface area (Å²) in [5.41, 5.74) is 0.811. The smallest absolute Gasteiger partial charge is 0.349 e. The molecule has 0 spiro atoms. The number of hydrogen-bond acceptors (Lipinski definition) is 4. The van der Waals surface area contributed by atoms with E-state index < -0.39 is 11.6 Å². The third-order valence-electron chi connectivity index (χ3n) is 3.43. The van der Waals surface area contributed by atoms with Crippen molar-refractivity contribution in [3.63, 3.8) is 0 Å². The molecule has 0 unspecified atom stereocenters. The standard InChI is InChI=1S/C19H22FNO3/c1-14-6-4-7-16(21-14)8-5-13-23-18(22)19(2,3)24-17-11-9-15(20)10-12-17/h4,6-7,9-12H,5,8,13H2,1-3H3. The largest absolute Gasteiger partial charge is 0.476 e. The van der Waals surface area contributed by atoms with Gasteiger partial charge in [0.1, 0.15) is 11.6 Å². The minimum absolute atomic E-state index is 0.296. The van der Waals surface area contributed by atoms with Gasteiger partial charge in [0, 0.05) is 11.4 Å². The highest BCUT2D eigenvalue weighted by atomic mass is 19.1. The van der Waals surface area contributed by atoms with Gasteiger partial charge in [0.25, 0.3) is 0 Å². The summed E-state index contributed by atoms with van der Waals surface area (Å²) in [6.07, 6.45) is 1.43. The zero-order valence-corrected chi connectivity index (χ0v) is 14.2. The molecule has 0 saturated carbocycles. The number of aromatic nitrogens is 1. The molecule has 1 aromatic carbocycles. The topological polar surface area (TPSA) is 48.4 Å². The Morgan fingerprint density at radius 1 is 1.17 bits per heavy atom. The van der Waals surface area contributed by atoms with Gasteiger partial charge in [0.05, 0.1) is 6.61 Å². The van der Waals surface area contributed by atoms with Crippen LogP contribution in [0.4, 0.5) is 4.39 Å². The monoisotopic (exact) mass is 331 g/mol. The molecule has 128 valence electrons. The van der Waals surface area contributed by atoms with Gasteiger partial charge in [0.15, 0.2) is 5.60 Å². The van der Waals surface area contributed by atoms with E-state index in [1.54, 1.807) is 13.8 Å². The maximum Gasteiger partial charge on any atom is 0.349 e. The number of pyridine rings is 1. The highest BCUT2D eigenvalue weighted by Crippen LogP contribution is 2.20. The highest BCUT2D eigenvalue weighted by molar-refractivity contribution is 5.79. The molecule has 4 nitrogen and oxygen atoms in total. The molecule has 24 heavy (non-hydrogen) atoms. The Morgan fingerprint density at radius 2 is 1.88 bits per heavy atom. The van der Waals surface area contributed by atoms with Crippen molar-refractivity contribution < 1.29 is 18.7 Å². The van der Waals surface area contributed by atoms with Crippen LogP contribution in [0.2, 0.25) is 0 Å². The first-order chi connectivity index (χ1) is 11.4. The molecule has 0 bridgehead atoms. The summed E-state index contributed by atoms with van der Waals surface area (Å²) in [6.45, 7) is 5.49. The van der Waals surface area contributed by atoms with E-state index in [2.05, 4.69) is 4.98 Å². The minimum atomic E-state index is -1.14. The number of carbonyl (C=O) groups is 1. The van der Waals surface area contributed by atoms with Crippen LogP contribution in [0.25, 0.3) is 0 Å². The van der Waals surface area contributed by atoms with Gasteiger partial charge in [-0.1, -0.05) is 6.07 Å².